The molecule has 158 valence electrons. The number of methoxy groups -OCH3 is 1. The van der Waals surface area contributed by atoms with Crippen LogP contribution in [0.4, 0.5) is 5.69 Å². The van der Waals surface area contributed by atoms with Crippen molar-refractivity contribution in [2.24, 2.45) is 0 Å². The lowest BCUT2D eigenvalue weighted by Gasteiger charge is -2.26. The molecular weight excluding hydrogens is 410 g/mol. The van der Waals surface area contributed by atoms with Crippen molar-refractivity contribution >= 4 is 35.1 Å². The van der Waals surface area contributed by atoms with Gasteiger partial charge in [0.15, 0.2) is 5.75 Å². The Bertz CT molecular complexity index is 981. The fraction of sp³-hybridized carbons (Fsp3) is 0.300. The number of hydrogen-bond acceptors (Lipinski definition) is 7. The maximum atomic E-state index is 13.2. The van der Waals surface area contributed by atoms with E-state index in [0.717, 1.165) is 4.90 Å². The molecule has 2 unspecified atom stereocenters. The highest BCUT2D eigenvalue weighted by atomic mass is 32.2. The van der Waals surface area contributed by atoms with E-state index in [2.05, 4.69) is 10.3 Å². The fourth-order valence-electron chi connectivity index (χ4n) is 3.31. The van der Waals surface area contributed by atoms with Crippen LogP contribution in [0.25, 0.3) is 0 Å². The molecule has 1 aliphatic rings. The van der Waals surface area contributed by atoms with E-state index in [0.29, 0.717) is 24.5 Å². The minimum atomic E-state index is -1.34. The zero-order valence-electron chi connectivity index (χ0n) is 16.7. The molecular formula is C20H21N3O6S. The second-order valence-corrected chi connectivity index (χ2v) is 7.88. The highest BCUT2D eigenvalue weighted by molar-refractivity contribution is 7.90. The first-order chi connectivity index (χ1) is 14.4. The highest BCUT2D eigenvalue weighted by Crippen LogP contribution is 2.36. The Kier molecular flexibility index (Phi) is 6.58. The third-order valence-electron chi connectivity index (χ3n) is 4.55. The van der Waals surface area contributed by atoms with Gasteiger partial charge in [0.1, 0.15) is 11.8 Å². The Balaban J connectivity index is 2.08. The van der Waals surface area contributed by atoms with E-state index in [-0.39, 0.29) is 28.4 Å². The molecule has 30 heavy (non-hydrogen) atoms. The number of rotatable bonds is 9. The Hall–Kier alpha value is -3.11. The van der Waals surface area contributed by atoms with Crippen LogP contribution < -0.4 is 14.8 Å². The molecule has 0 radical (unpaired) electrons. The predicted octanol–water partition coefficient (Wildman–Crippen LogP) is 1.77. The minimum absolute atomic E-state index is 0.00714. The van der Waals surface area contributed by atoms with Gasteiger partial charge < -0.3 is 19.3 Å². The van der Waals surface area contributed by atoms with Gasteiger partial charge in [-0.25, -0.2) is 4.98 Å². The zero-order valence-corrected chi connectivity index (χ0v) is 17.5. The molecule has 2 atom stereocenters. The molecule has 10 heteroatoms. The summed E-state index contributed by atoms with van der Waals surface area (Å²) in [5.74, 6) is -0.532. The fourth-order valence-corrected chi connectivity index (χ4v) is 4.07. The van der Waals surface area contributed by atoms with Crippen molar-refractivity contribution in [2.45, 2.75) is 13.0 Å². The van der Waals surface area contributed by atoms with Gasteiger partial charge in [0, 0.05) is 0 Å². The standard InChI is InChI=1S/C20H21N3O6S/c1-4-29-18-16(28-2)9-8-13(22-18)15(10-30(3)27)23-19(25)12-6-5-7-14(21-11-24)17(12)20(23)26/h5-9,11,15H,4,10H2,1-3H3,(H,21,24). The molecule has 0 aliphatic carbocycles. The highest BCUT2D eigenvalue weighted by Gasteiger charge is 2.44. The normalized spacial score (nSPS) is 14.9. The molecule has 0 saturated carbocycles. The van der Waals surface area contributed by atoms with Gasteiger partial charge in [-0.1, -0.05) is 17.2 Å². The largest absolute Gasteiger partial charge is 0.616 e. The van der Waals surface area contributed by atoms with Gasteiger partial charge in [0.05, 0.1) is 42.5 Å². The van der Waals surface area contributed by atoms with E-state index in [4.69, 9.17) is 9.47 Å². The third kappa shape index (κ3) is 3.96. The van der Waals surface area contributed by atoms with Crippen molar-refractivity contribution in [2.75, 3.05) is 31.0 Å². The van der Waals surface area contributed by atoms with Gasteiger partial charge in [0.25, 0.3) is 17.7 Å². The average molecular weight is 431 g/mol. The molecule has 0 spiro atoms. The first-order valence-electron chi connectivity index (χ1n) is 9.11. The van der Waals surface area contributed by atoms with E-state index < -0.39 is 29.0 Å². The summed E-state index contributed by atoms with van der Waals surface area (Å²) in [5.41, 5.74) is 0.837. The number of amides is 3. The van der Waals surface area contributed by atoms with Gasteiger partial charge in [-0.15, -0.1) is 0 Å². The molecule has 0 bridgehead atoms. The van der Waals surface area contributed by atoms with E-state index in [1.165, 1.54) is 25.5 Å². The number of ether oxygens (including phenoxy) is 2. The number of imide groups is 1. The summed E-state index contributed by atoms with van der Waals surface area (Å²) < 4.78 is 22.8. The van der Waals surface area contributed by atoms with Gasteiger partial charge in [-0.05, 0) is 31.2 Å². The molecule has 0 fully saturated rings. The maximum absolute atomic E-state index is 13.2. The smallest absolute Gasteiger partial charge is 0.264 e. The molecule has 9 nitrogen and oxygen atoms in total. The summed E-state index contributed by atoms with van der Waals surface area (Å²) in [6.45, 7) is 2.13. The first-order valence-corrected chi connectivity index (χ1v) is 10.8. The first kappa shape index (κ1) is 21.6. The molecule has 1 aliphatic heterocycles. The van der Waals surface area contributed by atoms with Gasteiger partial charge in [0.2, 0.25) is 6.41 Å². The Morgan fingerprint density at radius 3 is 2.67 bits per heavy atom. The van der Waals surface area contributed by atoms with E-state index in [9.17, 15) is 18.9 Å². The number of hydrogen-bond donors (Lipinski definition) is 1. The maximum Gasteiger partial charge on any atom is 0.264 e. The van der Waals surface area contributed by atoms with Crippen molar-refractivity contribution in [3.63, 3.8) is 0 Å². The van der Waals surface area contributed by atoms with Crippen molar-refractivity contribution in [1.29, 1.82) is 0 Å². The lowest BCUT2D eigenvalue weighted by Crippen LogP contribution is -2.38. The minimum Gasteiger partial charge on any atom is -0.616 e. The molecule has 1 aromatic carbocycles. The molecule has 3 amide bonds. The molecule has 1 aromatic heterocycles. The molecule has 0 saturated heterocycles. The van der Waals surface area contributed by atoms with Crippen LogP contribution in [0.2, 0.25) is 0 Å². The summed E-state index contributed by atoms with van der Waals surface area (Å²) in [6, 6.07) is 6.96. The van der Waals surface area contributed by atoms with Crippen molar-refractivity contribution in [3.05, 3.63) is 47.2 Å². The number of carbonyl (C=O) groups is 3. The summed E-state index contributed by atoms with van der Waals surface area (Å²) in [5, 5.41) is 2.45. The lowest BCUT2D eigenvalue weighted by atomic mass is 10.1. The molecule has 1 N–H and O–H groups in total. The second kappa shape index (κ2) is 9.14. The van der Waals surface area contributed by atoms with Crippen LogP contribution in [0.3, 0.4) is 0 Å². The van der Waals surface area contributed by atoms with Gasteiger partial charge in [-0.3, -0.25) is 19.3 Å². The summed E-state index contributed by atoms with van der Waals surface area (Å²) >= 11 is -1.34. The van der Waals surface area contributed by atoms with Crippen LogP contribution in [-0.2, 0) is 16.0 Å². The van der Waals surface area contributed by atoms with Crippen LogP contribution >= 0.6 is 0 Å². The molecule has 2 heterocycles. The quantitative estimate of drug-likeness (QED) is 0.365. The Morgan fingerprint density at radius 2 is 2.03 bits per heavy atom. The van der Waals surface area contributed by atoms with Crippen molar-refractivity contribution in [3.8, 4) is 11.6 Å². The number of anilines is 1. The van der Waals surface area contributed by atoms with Crippen LogP contribution in [0, 0.1) is 0 Å². The van der Waals surface area contributed by atoms with Crippen LogP contribution in [-0.4, -0.2) is 58.4 Å². The number of aromatic nitrogens is 1. The second-order valence-electron chi connectivity index (χ2n) is 6.40. The number of benzene rings is 1. The summed E-state index contributed by atoms with van der Waals surface area (Å²) in [4.78, 5) is 42.7. The van der Waals surface area contributed by atoms with E-state index in [1.54, 1.807) is 25.1 Å². The number of fused-ring (bicyclic) bond motifs is 1. The summed E-state index contributed by atoms with van der Waals surface area (Å²) in [6.07, 6.45) is 1.92. The number of nitrogens with zero attached hydrogens (tertiary/aromatic N) is 2. The lowest BCUT2D eigenvalue weighted by molar-refractivity contribution is -0.105. The summed E-state index contributed by atoms with van der Waals surface area (Å²) in [7, 11) is 1.48. The van der Waals surface area contributed by atoms with Gasteiger partial charge in [-0.2, -0.15) is 0 Å². The zero-order chi connectivity index (χ0) is 21.8. The SMILES string of the molecule is CCOc1nc(C(C[S+](C)[O-])N2C(=O)c3cccc(NC=O)c3C2=O)ccc1OC. The average Bonchev–Trinajstić information content (AvgIpc) is 2.98. The topological polar surface area (TPSA) is 121 Å². The van der Waals surface area contributed by atoms with E-state index >= 15 is 0 Å². The van der Waals surface area contributed by atoms with Gasteiger partial charge >= 0.3 is 0 Å². The molecule has 3 rings (SSSR count). The van der Waals surface area contributed by atoms with Crippen LogP contribution in [0.5, 0.6) is 11.6 Å². The monoisotopic (exact) mass is 431 g/mol. The number of nitrogens with one attached hydrogen (secondary N) is 1. The van der Waals surface area contributed by atoms with Crippen molar-refractivity contribution in [1.82, 2.24) is 9.88 Å². The number of carbonyl (C=O) groups excluding carboxylic acids is 3. The predicted molar refractivity (Wildman–Crippen MR) is 110 cm³/mol. The molecule has 2 aromatic rings. The Labute approximate surface area is 176 Å². The van der Waals surface area contributed by atoms with Crippen molar-refractivity contribution < 1.29 is 28.4 Å². The van der Waals surface area contributed by atoms with Crippen LogP contribution in [0.15, 0.2) is 30.3 Å². The number of pyridine rings is 1. The van der Waals surface area contributed by atoms with Crippen LogP contribution in [0.1, 0.15) is 39.4 Å². The Morgan fingerprint density at radius 1 is 1.27 bits per heavy atom. The van der Waals surface area contributed by atoms with E-state index in [1.807, 2.05) is 0 Å². The third-order valence-corrected chi connectivity index (χ3v) is 5.34.